The molecule has 3 aliphatic heterocycles. The Morgan fingerprint density at radius 2 is 1.85 bits per heavy atom. The molecular weight excluding hydrogens is 727 g/mol. The first-order valence-electron chi connectivity index (χ1n) is 16.8. The highest BCUT2D eigenvalue weighted by molar-refractivity contribution is 6.42. The van der Waals surface area contributed by atoms with Crippen LogP contribution >= 0.6 is 23.2 Å². The quantitative estimate of drug-likeness (QED) is 0.108. The third-order valence-electron chi connectivity index (χ3n) is 9.22. The Labute approximate surface area is 316 Å². The lowest BCUT2D eigenvalue weighted by molar-refractivity contribution is -0.880. The number of fused-ring (bicyclic) bond motifs is 1. The number of likely N-dealkylation sites (tertiary alicyclic amines) is 1. The number of hydrogen-bond acceptors (Lipinski definition) is 11. The summed E-state index contributed by atoms with van der Waals surface area (Å²) < 4.78 is 11.4. The molecule has 0 aliphatic carbocycles. The van der Waals surface area contributed by atoms with Gasteiger partial charge in [0, 0.05) is 55.7 Å². The van der Waals surface area contributed by atoms with Gasteiger partial charge in [0.25, 0.3) is 0 Å². The number of pyridine rings is 1. The third kappa shape index (κ3) is 8.04. The largest absolute Gasteiger partial charge is 0.495 e. The van der Waals surface area contributed by atoms with Crippen LogP contribution in [0.1, 0.15) is 24.8 Å². The van der Waals surface area contributed by atoms with Crippen LogP contribution in [0.2, 0.25) is 10.0 Å². The first-order chi connectivity index (χ1) is 25.4. The maximum atomic E-state index is 14.6. The second kappa shape index (κ2) is 15.7. The van der Waals surface area contributed by atoms with Crippen LogP contribution in [0, 0.1) is 10.1 Å². The smallest absolute Gasteiger partial charge is 0.368 e. The van der Waals surface area contributed by atoms with E-state index in [4.69, 9.17) is 37.7 Å². The molecule has 3 aromatic rings. The van der Waals surface area contributed by atoms with Crippen molar-refractivity contribution in [1.29, 1.82) is 0 Å². The molecule has 0 bridgehead atoms. The Morgan fingerprint density at radius 1 is 1.13 bits per heavy atom. The highest BCUT2D eigenvalue weighted by Gasteiger charge is 2.41. The second-order valence-corrected chi connectivity index (χ2v) is 14.1. The van der Waals surface area contributed by atoms with Crippen LogP contribution < -0.4 is 24.6 Å². The van der Waals surface area contributed by atoms with Gasteiger partial charge in [0.1, 0.15) is 45.9 Å². The molecule has 0 atom stereocenters. The van der Waals surface area contributed by atoms with Crippen LogP contribution in [0.4, 0.5) is 28.1 Å². The fourth-order valence-electron chi connectivity index (χ4n) is 6.61. The summed E-state index contributed by atoms with van der Waals surface area (Å²) in [5.41, 5.74) is 1.54. The van der Waals surface area contributed by atoms with Gasteiger partial charge in [0.15, 0.2) is 0 Å². The zero-order valence-corrected chi connectivity index (χ0v) is 31.2. The number of carbonyl (C=O) groups excluding carboxylic acids is 2. The number of piperidine rings is 1. The fraction of sp³-hybridized carbons (Fsp3) is 0.371. The topological polar surface area (TPSA) is 169 Å². The van der Waals surface area contributed by atoms with Crippen molar-refractivity contribution in [3.05, 3.63) is 85.9 Å². The number of halogens is 2. The molecule has 16 nitrogen and oxygen atoms in total. The Kier molecular flexibility index (Phi) is 11.1. The molecule has 2 aromatic heterocycles. The summed E-state index contributed by atoms with van der Waals surface area (Å²) in [5.74, 6) is 1.54. The van der Waals surface area contributed by atoms with Gasteiger partial charge in [0.05, 0.1) is 52.7 Å². The minimum atomic E-state index is -0.458. The van der Waals surface area contributed by atoms with Crippen LogP contribution in [-0.2, 0) is 11.3 Å². The summed E-state index contributed by atoms with van der Waals surface area (Å²) in [5, 5.41) is 14.7. The van der Waals surface area contributed by atoms with Crippen LogP contribution in [0.25, 0.3) is 0 Å². The van der Waals surface area contributed by atoms with Crippen molar-refractivity contribution < 1.29 is 28.5 Å². The molecule has 1 saturated heterocycles. The van der Waals surface area contributed by atoms with Gasteiger partial charge in [-0.15, -0.1) is 0 Å². The number of anilines is 4. The molecular formula is C35H39Cl2N10O6+. The van der Waals surface area contributed by atoms with Crippen LogP contribution in [-0.4, -0.2) is 108 Å². The van der Waals surface area contributed by atoms with E-state index in [1.807, 2.05) is 20.2 Å². The molecule has 1 aromatic carbocycles. The summed E-state index contributed by atoms with van der Waals surface area (Å²) in [6.07, 6.45) is 9.56. The molecule has 0 saturated carbocycles. The number of aliphatic imine (C=N–C) groups is 1. The molecule has 0 radical (unpaired) electrons. The number of nitro groups is 1. The van der Waals surface area contributed by atoms with E-state index >= 15 is 0 Å². The predicted octanol–water partition coefficient (Wildman–Crippen LogP) is 5.47. The van der Waals surface area contributed by atoms with Crippen molar-refractivity contribution in [2.75, 3.05) is 69.6 Å². The van der Waals surface area contributed by atoms with Gasteiger partial charge in [0.2, 0.25) is 11.9 Å². The molecule has 1 N–H and O–H groups in total. The Morgan fingerprint density at radius 3 is 2.49 bits per heavy atom. The van der Waals surface area contributed by atoms with Gasteiger partial charge in [-0.2, -0.15) is 4.98 Å². The average molecular weight is 767 g/mol. The lowest BCUT2D eigenvalue weighted by Crippen LogP contribution is -2.55. The summed E-state index contributed by atoms with van der Waals surface area (Å²) in [7, 11) is 6.82. The molecule has 18 heteroatoms. The lowest BCUT2D eigenvalue weighted by atomic mass is 10.0. The Hall–Kier alpha value is -5.32. The zero-order valence-electron chi connectivity index (χ0n) is 29.7. The normalized spacial score (nSPS) is 16.4. The van der Waals surface area contributed by atoms with Crippen molar-refractivity contribution in [3.63, 3.8) is 0 Å². The summed E-state index contributed by atoms with van der Waals surface area (Å²) in [6.45, 7) is 1.77. The van der Waals surface area contributed by atoms with Gasteiger partial charge in [-0.25, -0.2) is 14.8 Å². The van der Waals surface area contributed by atoms with Gasteiger partial charge >= 0.3 is 11.9 Å². The van der Waals surface area contributed by atoms with Gasteiger partial charge in [-0.3, -0.25) is 14.6 Å². The molecule has 53 heavy (non-hydrogen) atoms. The number of aromatic nitrogens is 3. The number of benzene rings is 1. The number of quaternary nitrogens is 1. The van der Waals surface area contributed by atoms with E-state index in [1.54, 1.807) is 58.8 Å². The molecule has 0 unspecified atom stereocenters. The lowest BCUT2D eigenvalue weighted by Gasteiger charge is -2.43. The number of amides is 3. The molecule has 0 spiro atoms. The first-order valence-corrected chi connectivity index (χ1v) is 17.6. The van der Waals surface area contributed by atoms with E-state index in [2.05, 4.69) is 20.3 Å². The Balaban J connectivity index is 1.22. The number of likely N-dealkylation sites (N-methyl/N-ethyl adjacent to an activating group) is 1. The number of carbonyl (C=O) groups is 2. The van der Waals surface area contributed by atoms with Crippen LogP contribution in [0.3, 0.4) is 0 Å². The Bertz CT molecular complexity index is 1970. The van der Waals surface area contributed by atoms with Gasteiger partial charge in [-0.1, -0.05) is 34.3 Å². The van der Waals surface area contributed by atoms with Gasteiger partial charge < -0.3 is 34.3 Å². The molecule has 3 amide bonds. The van der Waals surface area contributed by atoms with Crippen molar-refractivity contribution >= 4 is 64.6 Å². The minimum Gasteiger partial charge on any atom is -0.495 e. The standard InChI is InChI=1S/C35H39Cl2N10O6/c1-47(2,21-22-10-14-39-32(22)46(50)51)17-7-9-28(48)43-15-11-24(12-16-43)45-33-23(19-40-34(42-33)41-27-8-5-6-13-38-27)20-44(35(45)49)31-29(36)25(52-3)18-26(53-4)30(31)37/h5-9,13-14,18-19,24H,10-12,15-17,20-21H2,1-4H3,(H,38,40,41,42)/q+1/b9-7+. The van der Waals surface area contributed by atoms with E-state index in [-0.39, 0.29) is 57.5 Å². The monoisotopic (exact) mass is 765 g/mol. The predicted molar refractivity (Wildman–Crippen MR) is 201 cm³/mol. The SMILES string of the molecule is COc1cc(OC)c(Cl)c(N2Cc3cnc(Nc4ccccn4)nc3N(C3CCN(C(=O)/C=C/C[N+](C)(C)CC4=C([N+](=O)[O-])N=CC4)CC3)C2=O)c1Cl. The van der Waals surface area contributed by atoms with Crippen molar-refractivity contribution in [3.8, 4) is 11.5 Å². The number of methoxy groups -OCH3 is 2. The summed E-state index contributed by atoms with van der Waals surface area (Å²) >= 11 is 13.6. The third-order valence-corrected chi connectivity index (χ3v) is 9.95. The zero-order chi connectivity index (χ0) is 37.9. The van der Waals surface area contributed by atoms with Crippen molar-refractivity contribution in [2.45, 2.75) is 31.8 Å². The van der Waals surface area contributed by atoms with Crippen LogP contribution in [0.5, 0.6) is 11.5 Å². The fourth-order valence-corrected chi connectivity index (χ4v) is 7.31. The maximum absolute atomic E-state index is 14.6. The average Bonchev–Trinajstić information content (AvgIpc) is 3.60. The number of urea groups is 1. The summed E-state index contributed by atoms with van der Waals surface area (Å²) in [4.78, 5) is 61.1. The van der Waals surface area contributed by atoms with E-state index in [1.165, 1.54) is 19.1 Å². The molecule has 5 heterocycles. The number of hydrogen-bond donors (Lipinski definition) is 1. The molecule has 278 valence electrons. The van der Waals surface area contributed by atoms with E-state index in [0.29, 0.717) is 72.7 Å². The van der Waals surface area contributed by atoms with E-state index < -0.39 is 11.0 Å². The number of rotatable bonds is 12. The van der Waals surface area contributed by atoms with Crippen LogP contribution in [0.15, 0.2) is 65.2 Å². The first kappa shape index (κ1) is 37.4. The highest BCUT2D eigenvalue weighted by atomic mass is 35.5. The van der Waals surface area contributed by atoms with Crippen molar-refractivity contribution in [2.24, 2.45) is 4.99 Å². The summed E-state index contributed by atoms with van der Waals surface area (Å²) in [6, 6.07) is 6.22. The van der Waals surface area contributed by atoms with Crippen molar-refractivity contribution in [1.82, 2.24) is 19.9 Å². The molecule has 1 fully saturated rings. The van der Waals surface area contributed by atoms with E-state index in [9.17, 15) is 19.7 Å². The van der Waals surface area contributed by atoms with Gasteiger partial charge in [-0.05, 0) is 36.0 Å². The highest BCUT2D eigenvalue weighted by Crippen LogP contribution is 2.48. The molecule has 3 aliphatic rings. The molecule has 6 rings (SSSR count). The number of nitrogens with zero attached hydrogens (tertiary/aromatic N) is 9. The number of ether oxygens (including phenoxy) is 2. The maximum Gasteiger partial charge on any atom is 0.368 e. The van der Waals surface area contributed by atoms with E-state index in [0.717, 1.165) is 0 Å². The second-order valence-electron chi connectivity index (χ2n) is 13.3. The minimum absolute atomic E-state index is 0.0684. The number of nitrogens with one attached hydrogen (secondary N) is 1.